The molecule has 3 N–H and O–H groups in total. The number of H-pyrrole nitrogens is 1. The average Bonchev–Trinajstić information content (AvgIpc) is 2.65. The molecule has 1 aromatic heterocycles. The Morgan fingerprint density at radius 3 is 3.00 bits per heavy atom. The van der Waals surface area contributed by atoms with E-state index >= 15 is 0 Å². The molecule has 0 amide bonds. The van der Waals surface area contributed by atoms with Gasteiger partial charge >= 0.3 is 0 Å². The maximum absolute atomic E-state index is 11.9. The summed E-state index contributed by atoms with van der Waals surface area (Å²) in [5, 5.41) is 0. The number of ketones is 1. The quantitative estimate of drug-likeness (QED) is 0.768. The van der Waals surface area contributed by atoms with Crippen molar-refractivity contribution in [2.45, 2.75) is 13.8 Å². The third kappa shape index (κ3) is 1.84. The molecule has 0 aliphatic heterocycles. The lowest BCUT2D eigenvalue weighted by molar-refractivity contribution is 0.0934. The Hall–Kier alpha value is -1.68. The maximum atomic E-state index is 11.9. The smallest absolute Gasteiger partial charge is 0.167 e. The molecule has 0 aliphatic carbocycles. The predicted octanol–water partition coefficient (Wildman–Crippen LogP) is 1.65. The van der Waals surface area contributed by atoms with Crippen molar-refractivity contribution in [3.05, 3.63) is 29.6 Å². The van der Waals surface area contributed by atoms with Crippen LogP contribution in [0.2, 0.25) is 0 Å². The Kier molecular flexibility index (Phi) is 2.75. The monoisotopic (exact) mass is 217 g/mol. The summed E-state index contributed by atoms with van der Waals surface area (Å²) in [5.74, 6) is 0.796. The number of nitrogens with two attached hydrogens (primary N) is 1. The normalized spacial score (nSPS) is 12.9. The van der Waals surface area contributed by atoms with Crippen molar-refractivity contribution in [2.75, 3.05) is 6.54 Å². The first kappa shape index (κ1) is 10.8. The summed E-state index contributed by atoms with van der Waals surface area (Å²) in [5.41, 5.74) is 7.95. The summed E-state index contributed by atoms with van der Waals surface area (Å²) in [6.07, 6.45) is 0. The van der Waals surface area contributed by atoms with Crippen molar-refractivity contribution in [1.82, 2.24) is 9.97 Å². The minimum Gasteiger partial charge on any atom is -0.342 e. The zero-order chi connectivity index (χ0) is 11.7. The lowest BCUT2D eigenvalue weighted by Crippen LogP contribution is -2.20. The fraction of sp³-hybridized carbons (Fsp3) is 0.333. The van der Waals surface area contributed by atoms with Crippen LogP contribution in [0, 0.1) is 12.8 Å². The van der Waals surface area contributed by atoms with E-state index in [2.05, 4.69) is 9.97 Å². The molecule has 2 rings (SSSR count). The summed E-state index contributed by atoms with van der Waals surface area (Å²) in [6, 6.07) is 5.50. The standard InChI is InChI=1S/C12H15N3O/c1-7(6-13)12(16)9-3-4-10-11(5-9)15-8(2)14-10/h3-5,7H,6,13H2,1-2H3,(H,14,15). The van der Waals surface area contributed by atoms with Gasteiger partial charge in [-0.3, -0.25) is 4.79 Å². The van der Waals surface area contributed by atoms with E-state index in [1.165, 1.54) is 0 Å². The van der Waals surface area contributed by atoms with Gasteiger partial charge in [-0.2, -0.15) is 0 Å². The van der Waals surface area contributed by atoms with Crippen LogP contribution < -0.4 is 5.73 Å². The van der Waals surface area contributed by atoms with Crippen LogP contribution in [0.3, 0.4) is 0 Å². The number of Topliss-reactive ketones (excluding diaryl/α,β-unsaturated/α-hetero) is 1. The van der Waals surface area contributed by atoms with Gasteiger partial charge in [-0.05, 0) is 25.1 Å². The predicted molar refractivity (Wildman–Crippen MR) is 63.4 cm³/mol. The number of nitrogens with zero attached hydrogens (tertiary/aromatic N) is 1. The van der Waals surface area contributed by atoms with Crippen LogP contribution in [0.15, 0.2) is 18.2 Å². The minimum absolute atomic E-state index is 0.0802. The van der Waals surface area contributed by atoms with Gasteiger partial charge in [0.1, 0.15) is 5.82 Å². The summed E-state index contributed by atoms with van der Waals surface area (Å²) < 4.78 is 0. The Balaban J connectivity index is 2.42. The molecular formula is C12H15N3O. The highest BCUT2D eigenvalue weighted by Gasteiger charge is 2.14. The van der Waals surface area contributed by atoms with Crippen molar-refractivity contribution in [3.63, 3.8) is 0 Å². The first-order valence-corrected chi connectivity index (χ1v) is 5.32. The molecule has 1 aromatic carbocycles. The van der Waals surface area contributed by atoms with Crippen molar-refractivity contribution >= 4 is 16.8 Å². The van der Waals surface area contributed by atoms with Crippen molar-refractivity contribution in [1.29, 1.82) is 0 Å². The Morgan fingerprint density at radius 2 is 2.31 bits per heavy atom. The molecule has 4 nitrogen and oxygen atoms in total. The van der Waals surface area contributed by atoms with Crippen LogP contribution in [-0.2, 0) is 0 Å². The van der Waals surface area contributed by atoms with Gasteiger partial charge in [-0.1, -0.05) is 6.92 Å². The molecular weight excluding hydrogens is 202 g/mol. The van der Waals surface area contributed by atoms with E-state index in [0.717, 1.165) is 16.9 Å². The molecule has 0 bridgehead atoms. The number of nitrogens with one attached hydrogen (secondary N) is 1. The third-order valence-electron chi connectivity index (χ3n) is 2.69. The molecule has 2 aromatic rings. The molecule has 84 valence electrons. The molecule has 1 heterocycles. The number of benzene rings is 1. The van der Waals surface area contributed by atoms with Crippen LogP contribution >= 0.6 is 0 Å². The van der Waals surface area contributed by atoms with Crippen LogP contribution in [0.5, 0.6) is 0 Å². The highest BCUT2D eigenvalue weighted by molar-refractivity contribution is 6.00. The second-order valence-electron chi connectivity index (χ2n) is 4.06. The molecule has 0 aliphatic rings. The van der Waals surface area contributed by atoms with E-state index in [4.69, 9.17) is 5.73 Å². The van der Waals surface area contributed by atoms with E-state index in [-0.39, 0.29) is 11.7 Å². The zero-order valence-corrected chi connectivity index (χ0v) is 9.45. The number of carbonyl (C=O) groups is 1. The Morgan fingerprint density at radius 1 is 1.56 bits per heavy atom. The Bertz CT molecular complexity index is 530. The molecule has 0 radical (unpaired) electrons. The molecule has 0 spiro atoms. The zero-order valence-electron chi connectivity index (χ0n) is 9.45. The number of fused-ring (bicyclic) bond motifs is 1. The SMILES string of the molecule is Cc1nc2ccc(C(=O)C(C)CN)cc2[nH]1. The van der Waals surface area contributed by atoms with E-state index < -0.39 is 0 Å². The molecule has 0 saturated heterocycles. The summed E-state index contributed by atoms with van der Waals surface area (Å²) in [7, 11) is 0. The molecule has 4 heteroatoms. The van der Waals surface area contributed by atoms with Gasteiger partial charge in [0.2, 0.25) is 0 Å². The number of hydrogen-bond acceptors (Lipinski definition) is 3. The molecule has 0 saturated carbocycles. The fourth-order valence-electron chi connectivity index (χ4n) is 1.68. The Labute approximate surface area is 93.9 Å². The summed E-state index contributed by atoms with van der Waals surface area (Å²) in [6.45, 7) is 4.10. The number of carbonyl (C=O) groups excluding carboxylic acids is 1. The summed E-state index contributed by atoms with van der Waals surface area (Å²) in [4.78, 5) is 19.3. The van der Waals surface area contributed by atoms with Gasteiger partial charge in [0.15, 0.2) is 5.78 Å². The highest BCUT2D eigenvalue weighted by Crippen LogP contribution is 2.16. The van der Waals surface area contributed by atoms with Crippen molar-refractivity contribution in [2.24, 2.45) is 11.7 Å². The lowest BCUT2D eigenvalue weighted by atomic mass is 9.99. The lowest BCUT2D eigenvalue weighted by Gasteiger charge is -2.06. The van der Waals surface area contributed by atoms with E-state index in [9.17, 15) is 4.79 Å². The maximum Gasteiger partial charge on any atom is 0.167 e. The van der Waals surface area contributed by atoms with Gasteiger partial charge in [0, 0.05) is 18.0 Å². The number of aryl methyl sites for hydroxylation is 1. The van der Waals surface area contributed by atoms with E-state index in [1.807, 2.05) is 26.0 Å². The highest BCUT2D eigenvalue weighted by atomic mass is 16.1. The van der Waals surface area contributed by atoms with Gasteiger partial charge in [-0.15, -0.1) is 0 Å². The largest absolute Gasteiger partial charge is 0.342 e. The van der Waals surface area contributed by atoms with Crippen LogP contribution in [0.4, 0.5) is 0 Å². The summed E-state index contributed by atoms with van der Waals surface area (Å²) >= 11 is 0. The van der Waals surface area contributed by atoms with Crippen LogP contribution in [-0.4, -0.2) is 22.3 Å². The topological polar surface area (TPSA) is 71.8 Å². The third-order valence-corrected chi connectivity index (χ3v) is 2.69. The number of aromatic nitrogens is 2. The van der Waals surface area contributed by atoms with Crippen molar-refractivity contribution < 1.29 is 4.79 Å². The second-order valence-corrected chi connectivity index (χ2v) is 4.06. The molecule has 16 heavy (non-hydrogen) atoms. The first-order chi connectivity index (χ1) is 7.61. The van der Waals surface area contributed by atoms with E-state index in [0.29, 0.717) is 12.1 Å². The van der Waals surface area contributed by atoms with Gasteiger partial charge < -0.3 is 10.7 Å². The van der Waals surface area contributed by atoms with Crippen LogP contribution in [0.25, 0.3) is 11.0 Å². The molecule has 1 atom stereocenters. The first-order valence-electron chi connectivity index (χ1n) is 5.32. The van der Waals surface area contributed by atoms with Gasteiger partial charge in [0.25, 0.3) is 0 Å². The van der Waals surface area contributed by atoms with Crippen LogP contribution in [0.1, 0.15) is 23.1 Å². The minimum atomic E-state index is -0.138. The molecule has 1 unspecified atom stereocenters. The number of hydrogen-bond donors (Lipinski definition) is 2. The number of imidazole rings is 1. The average molecular weight is 217 g/mol. The second kappa shape index (κ2) is 4.06. The fourth-order valence-corrected chi connectivity index (χ4v) is 1.68. The molecule has 0 fully saturated rings. The van der Waals surface area contributed by atoms with Gasteiger partial charge in [-0.25, -0.2) is 4.98 Å². The van der Waals surface area contributed by atoms with Crippen molar-refractivity contribution in [3.8, 4) is 0 Å². The van der Waals surface area contributed by atoms with E-state index in [1.54, 1.807) is 6.07 Å². The van der Waals surface area contributed by atoms with Gasteiger partial charge in [0.05, 0.1) is 11.0 Å². The number of aromatic amines is 1. The number of rotatable bonds is 3.